The lowest BCUT2D eigenvalue weighted by atomic mass is 9.99. The highest BCUT2D eigenvalue weighted by molar-refractivity contribution is 5.90. The summed E-state index contributed by atoms with van der Waals surface area (Å²) in [7, 11) is 0. The molecule has 0 bridgehead atoms. The van der Waals surface area contributed by atoms with Gasteiger partial charge in [-0.2, -0.15) is 5.10 Å². The fourth-order valence-corrected chi connectivity index (χ4v) is 4.14. The van der Waals surface area contributed by atoms with Crippen molar-refractivity contribution >= 4 is 11.4 Å². The van der Waals surface area contributed by atoms with Crippen LogP contribution in [-0.2, 0) is 6.42 Å². The largest absolute Gasteiger partial charge is 0.412 e. The van der Waals surface area contributed by atoms with Crippen molar-refractivity contribution in [3.63, 3.8) is 0 Å². The fraction of sp³-hybridized carbons (Fsp3) is 0.182. The highest BCUT2D eigenvalue weighted by Gasteiger charge is 2.38. The first-order chi connectivity index (χ1) is 15.7. The molecule has 1 aliphatic heterocycles. The zero-order chi connectivity index (χ0) is 21.7. The number of aryl methyl sites for hydroxylation is 1. The van der Waals surface area contributed by atoms with Gasteiger partial charge in [-0.15, -0.1) is 10.2 Å². The Balaban J connectivity index is 1.40. The van der Waals surface area contributed by atoms with Crippen LogP contribution in [0, 0.1) is 6.92 Å². The van der Waals surface area contributed by atoms with Crippen LogP contribution in [0.15, 0.2) is 59.5 Å². The molecule has 0 unspecified atom stereocenters. The number of hydrogen-bond donors (Lipinski definition) is 1. The summed E-state index contributed by atoms with van der Waals surface area (Å²) in [6.45, 7) is 2.32. The summed E-state index contributed by atoms with van der Waals surface area (Å²) in [6.07, 6.45) is 5.86. The minimum absolute atomic E-state index is 0.0731. The summed E-state index contributed by atoms with van der Waals surface area (Å²) in [5.41, 5.74) is 4.87. The smallest absolute Gasteiger partial charge is 0.312 e. The van der Waals surface area contributed by atoms with Crippen LogP contribution in [0.4, 0.5) is 0 Å². The fourth-order valence-electron chi connectivity index (χ4n) is 4.14. The van der Waals surface area contributed by atoms with Crippen LogP contribution >= 0.6 is 0 Å². The van der Waals surface area contributed by atoms with Gasteiger partial charge >= 0.3 is 11.8 Å². The summed E-state index contributed by atoms with van der Waals surface area (Å²) in [4.78, 5) is 27.1. The molecular weight excluding hydrogens is 408 g/mol. The van der Waals surface area contributed by atoms with Gasteiger partial charge in [0.2, 0.25) is 5.89 Å². The summed E-state index contributed by atoms with van der Waals surface area (Å²) in [6, 6.07) is 11.0. The van der Waals surface area contributed by atoms with Crippen molar-refractivity contribution in [3.05, 3.63) is 83.8 Å². The van der Waals surface area contributed by atoms with Crippen molar-refractivity contribution in [2.75, 3.05) is 6.54 Å². The van der Waals surface area contributed by atoms with E-state index in [1.54, 1.807) is 28.0 Å². The van der Waals surface area contributed by atoms with Gasteiger partial charge in [0.15, 0.2) is 0 Å². The van der Waals surface area contributed by atoms with E-state index in [2.05, 4.69) is 25.1 Å². The molecule has 1 atom stereocenters. The number of rotatable bonds is 3. The molecule has 0 aromatic carbocycles. The molecule has 0 fully saturated rings. The predicted molar refractivity (Wildman–Crippen MR) is 113 cm³/mol. The normalized spacial score (nSPS) is 15.8. The number of nitrogens with zero attached hydrogens (tertiary/aromatic N) is 7. The predicted octanol–water partition coefficient (Wildman–Crippen LogP) is 2.60. The number of pyridine rings is 2. The van der Waals surface area contributed by atoms with Gasteiger partial charge in [0, 0.05) is 36.7 Å². The summed E-state index contributed by atoms with van der Waals surface area (Å²) in [5, 5.41) is 12.8. The Hall–Kier alpha value is -4.34. The zero-order valence-corrected chi connectivity index (χ0v) is 17.1. The molecule has 0 radical (unpaired) electrons. The highest BCUT2D eigenvalue weighted by Crippen LogP contribution is 2.34. The van der Waals surface area contributed by atoms with E-state index in [0.717, 1.165) is 28.3 Å². The van der Waals surface area contributed by atoms with Crippen molar-refractivity contribution < 1.29 is 9.21 Å². The summed E-state index contributed by atoms with van der Waals surface area (Å²) in [5.74, 6) is -0.169. The maximum atomic E-state index is 13.5. The van der Waals surface area contributed by atoms with Crippen LogP contribution in [0.25, 0.3) is 17.0 Å². The zero-order valence-electron chi connectivity index (χ0n) is 17.1. The first-order valence-corrected chi connectivity index (χ1v) is 10.2. The first kappa shape index (κ1) is 18.4. The molecule has 1 amide bonds. The van der Waals surface area contributed by atoms with Crippen molar-refractivity contribution in [2.24, 2.45) is 0 Å². The molecule has 10 nitrogen and oxygen atoms in total. The quantitative estimate of drug-likeness (QED) is 0.471. The van der Waals surface area contributed by atoms with Gasteiger partial charge in [-0.05, 0) is 37.3 Å². The van der Waals surface area contributed by atoms with Gasteiger partial charge in [0.1, 0.15) is 6.04 Å². The minimum Gasteiger partial charge on any atom is -0.412 e. The van der Waals surface area contributed by atoms with Crippen molar-refractivity contribution in [1.82, 2.24) is 39.7 Å². The molecule has 158 valence electrons. The second-order valence-electron chi connectivity index (χ2n) is 7.61. The van der Waals surface area contributed by atoms with Crippen LogP contribution in [-0.4, -0.2) is 52.1 Å². The van der Waals surface area contributed by atoms with Crippen LogP contribution in [0.5, 0.6) is 0 Å². The molecule has 0 aliphatic carbocycles. The minimum atomic E-state index is -0.465. The van der Waals surface area contributed by atoms with E-state index >= 15 is 0 Å². The molecule has 6 heterocycles. The lowest BCUT2D eigenvalue weighted by Gasteiger charge is -2.32. The van der Waals surface area contributed by atoms with Crippen LogP contribution in [0.1, 0.15) is 39.5 Å². The second kappa shape index (κ2) is 7.12. The number of amides is 1. The van der Waals surface area contributed by atoms with Gasteiger partial charge in [-0.3, -0.25) is 9.78 Å². The van der Waals surface area contributed by atoms with Crippen molar-refractivity contribution in [2.45, 2.75) is 19.4 Å². The molecule has 0 saturated carbocycles. The molecule has 5 aromatic heterocycles. The van der Waals surface area contributed by atoms with Gasteiger partial charge in [0.05, 0.1) is 28.8 Å². The highest BCUT2D eigenvalue weighted by atomic mass is 16.4. The molecule has 1 N–H and O–H groups in total. The summed E-state index contributed by atoms with van der Waals surface area (Å²) >= 11 is 0. The number of aromatic amines is 1. The standard InChI is InChI=1S/C22H18N8O2/c1-13-15(6-4-8-23-13)20-26-27-21(32-20)22(31)29-10-7-16-18(25-12-24-16)19(29)17-11-14-5-2-3-9-30(14)28-17/h2-6,8-9,11-12,19H,7,10H2,1H3,(H,24,25)/t19-/m0/s1. The number of carbonyl (C=O) groups is 1. The number of hydrogen-bond acceptors (Lipinski definition) is 7. The monoisotopic (exact) mass is 426 g/mol. The molecule has 1 aliphatic rings. The van der Waals surface area contributed by atoms with Crippen molar-refractivity contribution in [3.8, 4) is 11.5 Å². The third kappa shape index (κ3) is 2.88. The number of nitrogens with one attached hydrogen (secondary N) is 1. The lowest BCUT2D eigenvalue weighted by molar-refractivity contribution is 0.0646. The summed E-state index contributed by atoms with van der Waals surface area (Å²) < 4.78 is 7.56. The Labute approximate surface area is 181 Å². The molecule has 0 saturated heterocycles. The molecule has 0 spiro atoms. The number of H-pyrrole nitrogens is 1. The number of aromatic nitrogens is 7. The Morgan fingerprint density at radius 1 is 1.19 bits per heavy atom. The molecule has 5 aromatic rings. The average Bonchev–Trinajstić information content (AvgIpc) is 3.57. The Kier molecular flexibility index (Phi) is 4.10. The second-order valence-corrected chi connectivity index (χ2v) is 7.61. The maximum Gasteiger partial charge on any atom is 0.312 e. The van der Waals surface area contributed by atoms with Gasteiger partial charge in [-0.1, -0.05) is 6.07 Å². The molecule has 6 rings (SSSR count). The molecular formula is C22H18N8O2. The van der Waals surface area contributed by atoms with E-state index in [1.165, 1.54) is 0 Å². The van der Waals surface area contributed by atoms with E-state index < -0.39 is 6.04 Å². The van der Waals surface area contributed by atoms with Gasteiger partial charge < -0.3 is 14.3 Å². The Bertz CT molecular complexity index is 1420. The lowest BCUT2D eigenvalue weighted by Crippen LogP contribution is -2.41. The number of fused-ring (bicyclic) bond motifs is 2. The number of carbonyl (C=O) groups excluding carboxylic acids is 1. The Morgan fingerprint density at radius 2 is 2.12 bits per heavy atom. The number of imidazole rings is 1. The third-order valence-electron chi connectivity index (χ3n) is 5.70. The van der Waals surface area contributed by atoms with Crippen molar-refractivity contribution in [1.29, 1.82) is 0 Å². The maximum absolute atomic E-state index is 13.5. The van der Waals surface area contributed by atoms with E-state index in [1.807, 2.05) is 43.5 Å². The first-order valence-electron chi connectivity index (χ1n) is 10.2. The SMILES string of the molecule is Cc1ncccc1-c1nnc(C(=O)N2CCc3[nH]cnc3[C@@H]2c2cc3ccccn3n2)o1. The third-order valence-corrected chi connectivity index (χ3v) is 5.70. The topological polar surface area (TPSA) is 118 Å². The molecule has 32 heavy (non-hydrogen) atoms. The molecule has 10 heteroatoms. The average molecular weight is 426 g/mol. The van der Waals surface area contributed by atoms with E-state index in [4.69, 9.17) is 9.52 Å². The van der Waals surface area contributed by atoms with Gasteiger partial charge in [0.25, 0.3) is 0 Å². The van der Waals surface area contributed by atoms with E-state index in [0.29, 0.717) is 18.5 Å². The Morgan fingerprint density at radius 3 is 3.00 bits per heavy atom. The van der Waals surface area contributed by atoms with Crippen LogP contribution < -0.4 is 0 Å². The van der Waals surface area contributed by atoms with Crippen LogP contribution in [0.2, 0.25) is 0 Å². The van der Waals surface area contributed by atoms with E-state index in [9.17, 15) is 4.79 Å². The van der Waals surface area contributed by atoms with E-state index in [-0.39, 0.29) is 17.7 Å². The van der Waals surface area contributed by atoms with Crippen LogP contribution in [0.3, 0.4) is 0 Å². The van der Waals surface area contributed by atoms with Gasteiger partial charge in [-0.25, -0.2) is 9.50 Å².